The second kappa shape index (κ2) is 5.84. The highest BCUT2D eigenvalue weighted by Gasteiger charge is 2.19. The first-order valence-electron chi connectivity index (χ1n) is 7.54. The van der Waals surface area contributed by atoms with E-state index in [2.05, 4.69) is 10.4 Å². The zero-order valence-electron chi connectivity index (χ0n) is 12.9. The Hall–Kier alpha value is -2.28. The Morgan fingerprint density at radius 1 is 1.41 bits per heavy atom. The number of nitrogens with zero attached hydrogens (tertiary/aromatic N) is 3. The molecule has 2 heterocycles. The van der Waals surface area contributed by atoms with Crippen molar-refractivity contribution >= 4 is 22.8 Å². The number of nitrogen functional groups attached to an aromatic ring is 1. The number of carbonyl (C=O) groups excluding carboxylic acids is 1. The van der Waals surface area contributed by atoms with Crippen molar-refractivity contribution in [1.82, 2.24) is 20.0 Å². The van der Waals surface area contributed by atoms with Crippen molar-refractivity contribution in [2.45, 2.75) is 20.4 Å². The number of hydrogen-bond acceptors (Lipinski definition) is 5. The lowest BCUT2D eigenvalue weighted by Crippen LogP contribution is -2.47. The molecule has 3 rings (SSSR count). The number of hydrogen-bond donors (Lipinski definition) is 2. The molecule has 1 aromatic heterocycles. The van der Waals surface area contributed by atoms with Gasteiger partial charge in [-0.25, -0.2) is 9.48 Å². The molecule has 7 nitrogen and oxygen atoms in total. The minimum Gasteiger partial charge on any atom is -0.410 e. The van der Waals surface area contributed by atoms with E-state index in [1.54, 1.807) is 15.6 Å². The van der Waals surface area contributed by atoms with Gasteiger partial charge in [0.2, 0.25) is 0 Å². The summed E-state index contributed by atoms with van der Waals surface area (Å²) in [5.41, 5.74) is 7.89. The van der Waals surface area contributed by atoms with Crippen LogP contribution in [0.4, 0.5) is 10.6 Å². The monoisotopic (exact) mass is 303 g/mol. The highest BCUT2D eigenvalue weighted by atomic mass is 16.6. The Labute approximate surface area is 129 Å². The lowest BCUT2D eigenvalue weighted by atomic mass is 10.1. The first-order valence-corrected chi connectivity index (χ1v) is 7.54. The van der Waals surface area contributed by atoms with Gasteiger partial charge >= 0.3 is 6.09 Å². The molecule has 2 aromatic rings. The Kier molecular flexibility index (Phi) is 3.89. The smallest absolute Gasteiger partial charge is 0.410 e. The Balaban J connectivity index is 1.87. The average Bonchev–Trinajstić information content (AvgIpc) is 2.85. The molecule has 0 saturated carbocycles. The van der Waals surface area contributed by atoms with E-state index in [4.69, 9.17) is 10.5 Å². The molecule has 1 amide bonds. The fourth-order valence-corrected chi connectivity index (χ4v) is 2.70. The number of benzene rings is 1. The average molecular weight is 303 g/mol. The standard InChI is InChI=1S/C15H21N5O2/c1-3-20-14(16)12-9-11(8-10(2)13(12)18-20)22-15(21)19-6-4-17-5-7-19/h8-9,17H,3-7,16H2,1-2H3. The minimum atomic E-state index is -0.318. The minimum absolute atomic E-state index is 0.318. The van der Waals surface area contributed by atoms with Crippen LogP contribution in [-0.4, -0.2) is 47.0 Å². The van der Waals surface area contributed by atoms with Gasteiger partial charge in [0.05, 0.1) is 5.52 Å². The van der Waals surface area contributed by atoms with Gasteiger partial charge in [-0.1, -0.05) is 0 Å². The zero-order valence-corrected chi connectivity index (χ0v) is 12.9. The zero-order chi connectivity index (χ0) is 15.7. The van der Waals surface area contributed by atoms with Crippen LogP contribution in [0.2, 0.25) is 0 Å². The van der Waals surface area contributed by atoms with Gasteiger partial charge in [-0.2, -0.15) is 5.10 Å². The van der Waals surface area contributed by atoms with Crippen LogP contribution in [0.3, 0.4) is 0 Å². The number of amides is 1. The molecule has 1 saturated heterocycles. The van der Waals surface area contributed by atoms with Crippen molar-refractivity contribution in [2.75, 3.05) is 31.9 Å². The number of anilines is 1. The SMILES string of the molecule is CCn1nc2c(C)cc(OC(=O)N3CCNCC3)cc2c1N. The third kappa shape index (κ3) is 2.59. The summed E-state index contributed by atoms with van der Waals surface area (Å²) < 4.78 is 7.26. The Morgan fingerprint density at radius 2 is 2.14 bits per heavy atom. The van der Waals surface area contributed by atoms with E-state index in [-0.39, 0.29) is 6.09 Å². The van der Waals surface area contributed by atoms with Crippen molar-refractivity contribution in [2.24, 2.45) is 0 Å². The Bertz CT molecular complexity index is 704. The normalized spacial score (nSPS) is 15.3. The summed E-state index contributed by atoms with van der Waals surface area (Å²) in [6.07, 6.45) is -0.318. The number of rotatable bonds is 2. The second-order valence-corrected chi connectivity index (χ2v) is 5.44. The lowest BCUT2D eigenvalue weighted by molar-refractivity contribution is 0.146. The maximum atomic E-state index is 12.2. The van der Waals surface area contributed by atoms with E-state index in [0.717, 1.165) is 29.6 Å². The predicted molar refractivity (Wildman–Crippen MR) is 85.0 cm³/mol. The van der Waals surface area contributed by atoms with Crippen molar-refractivity contribution in [3.05, 3.63) is 17.7 Å². The maximum absolute atomic E-state index is 12.2. The molecule has 1 aliphatic rings. The number of piperazine rings is 1. The molecule has 1 fully saturated rings. The van der Waals surface area contributed by atoms with E-state index in [1.807, 2.05) is 19.9 Å². The number of ether oxygens (including phenoxy) is 1. The van der Waals surface area contributed by atoms with Gasteiger partial charge in [-0.15, -0.1) is 0 Å². The topological polar surface area (TPSA) is 85.4 Å². The summed E-state index contributed by atoms with van der Waals surface area (Å²) in [7, 11) is 0. The largest absolute Gasteiger partial charge is 0.415 e. The molecule has 0 spiro atoms. The fraction of sp³-hybridized carbons (Fsp3) is 0.467. The van der Waals surface area contributed by atoms with Crippen LogP contribution in [0.25, 0.3) is 10.9 Å². The van der Waals surface area contributed by atoms with Crippen LogP contribution >= 0.6 is 0 Å². The van der Waals surface area contributed by atoms with Crippen LogP contribution in [-0.2, 0) is 6.54 Å². The third-order valence-electron chi connectivity index (χ3n) is 3.93. The Morgan fingerprint density at radius 3 is 2.82 bits per heavy atom. The summed E-state index contributed by atoms with van der Waals surface area (Å²) in [5, 5.41) is 8.50. The molecule has 1 aliphatic heterocycles. The summed E-state index contributed by atoms with van der Waals surface area (Å²) in [6, 6.07) is 3.62. The van der Waals surface area contributed by atoms with Gasteiger partial charge in [0.25, 0.3) is 0 Å². The lowest BCUT2D eigenvalue weighted by Gasteiger charge is -2.26. The molecule has 3 N–H and O–H groups in total. The molecule has 0 bridgehead atoms. The quantitative estimate of drug-likeness (QED) is 0.874. The van der Waals surface area contributed by atoms with Crippen LogP contribution in [0.15, 0.2) is 12.1 Å². The van der Waals surface area contributed by atoms with E-state index < -0.39 is 0 Å². The van der Waals surface area contributed by atoms with E-state index in [9.17, 15) is 4.79 Å². The number of carbonyl (C=O) groups is 1. The van der Waals surface area contributed by atoms with Crippen molar-refractivity contribution in [1.29, 1.82) is 0 Å². The molecule has 0 aliphatic carbocycles. The predicted octanol–water partition coefficient (Wildman–Crippen LogP) is 1.35. The summed E-state index contributed by atoms with van der Waals surface area (Å²) in [5.74, 6) is 1.11. The number of aryl methyl sites for hydroxylation is 2. The van der Waals surface area contributed by atoms with Crippen molar-refractivity contribution in [3.8, 4) is 5.75 Å². The van der Waals surface area contributed by atoms with Gasteiger partial charge in [0, 0.05) is 38.1 Å². The number of fused-ring (bicyclic) bond motifs is 1. The second-order valence-electron chi connectivity index (χ2n) is 5.44. The first-order chi connectivity index (χ1) is 10.6. The third-order valence-corrected chi connectivity index (χ3v) is 3.93. The fourth-order valence-electron chi connectivity index (χ4n) is 2.70. The molecule has 0 radical (unpaired) electrons. The molecule has 0 unspecified atom stereocenters. The number of aromatic nitrogens is 2. The highest BCUT2D eigenvalue weighted by molar-refractivity contribution is 5.92. The summed E-state index contributed by atoms with van der Waals surface area (Å²) in [6.45, 7) is 7.55. The molecule has 7 heteroatoms. The summed E-state index contributed by atoms with van der Waals surface area (Å²) >= 11 is 0. The first kappa shape index (κ1) is 14.6. The molecular weight excluding hydrogens is 282 g/mol. The van der Waals surface area contributed by atoms with Crippen molar-refractivity contribution < 1.29 is 9.53 Å². The highest BCUT2D eigenvalue weighted by Crippen LogP contribution is 2.29. The van der Waals surface area contributed by atoms with E-state index in [1.165, 1.54) is 0 Å². The van der Waals surface area contributed by atoms with Crippen LogP contribution in [0.5, 0.6) is 5.75 Å². The van der Waals surface area contributed by atoms with Crippen LogP contribution < -0.4 is 15.8 Å². The van der Waals surface area contributed by atoms with E-state index >= 15 is 0 Å². The molecular formula is C15H21N5O2. The van der Waals surface area contributed by atoms with Gasteiger partial charge in [0.15, 0.2) is 0 Å². The number of nitrogens with one attached hydrogen (secondary N) is 1. The molecule has 118 valence electrons. The van der Waals surface area contributed by atoms with Crippen molar-refractivity contribution in [3.63, 3.8) is 0 Å². The molecule has 0 atom stereocenters. The number of nitrogens with two attached hydrogens (primary N) is 1. The van der Waals surface area contributed by atoms with Crippen LogP contribution in [0.1, 0.15) is 12.5 Å². The van der Waals surface area contributed by atoms with Crippen LogP contribution in [0, 0.1) is 6.92 Å². The van der Waals surface area contributed by atoms with Gasteiger partial charge in [-0.3, -0.25) is 0 Å². The molecule has 22 heavy (non-hydrogen) atoms. The maximum Gasteiger partial charge on any atom is 0.415 e. The van der Waals surface area contributed by atoms with E-state index in [0.29, 0.717) is 31.2 Å². The van der Waals surface area contributed by atoms with Gasteiger partial charge in [0.1, 0.15) is 11.6 Å². The molecule has 1 aromatic carbocycles. The van der Waals surface area contributed by atoms with Gasteiger partial charge < -0.3 is 20.7 Å². The van der Waals surface area contributed by atoms with Gasteiger partial charge in [-0.05, 0) is 31.5 Å². The summed E-state index contributed by atoms with van der Waals surface area (Å²) in [4.78, 5) is 13.9.